The molecule has 8 heteroatoms. The summed E-state index contributed by atoms with van der Waals surface area (Å²) in [6.07, 6.45) is -1.72. The molecule has 0 fully saturated rings. The first kappa shape index (κ1) is 15.5. The average molecular weight is 300 g/mol. The van der Waals surface area contributed by atoms with Gasteiger partial charge in [0.25, 0.3) is 0 Å². The van der Waals surface area contributed by atoms with Crippen molar-refractivity contribution < 1.29 is 18.3 Å². The smallest absolute Gasteiger partial charge is 0.382 e. The van der Waals surface area contributed by atoms with Gasteiger partial charge in [-0.2, -0.15) is 18.3 Å². The predicted molar refractivity (Wildman–Crippen MR) is 69.0 cm³/mol. The lowest BCUT2D eigenvalue weighted by Gasteiger charge is -2.32. The van der Waals surface area contributed by atoms with Crippen LogP contribution in [0.4, 0.5) is 13.2 Å². The number of benzene rings is 1. The van der Waals surface area contributed by atoms with Crippen molar-refractivity contribution in [1.82, 2.24) is 14.8 Å². The highest BCUT2D eigenvalue weighted by Gasteiger charge is 2.36. The van der Waals surface area contributed by atoms with Crippen LogP contribution >= 0.6 is 0 Å². The molecule has 0 aliphatic carbocycles. The molecule has 1 aromatic carbocycles. The number of hydrogen-bond donors (Lipinski definition) is 2. The Balaban J connectivity index is 2.34. The topological polar surface area (TPSA) is 77.0 Å². The van der Waals surface area contributed by atoms with Crippen LogP contribution in [0.1, 0.15) is 18.1 Å². The summed E-state index contributed by atoms with van der Waals surface area (Å²) in [5, 5.41) is 14.6. The van der Waals surface area contributed by atoms with Crippen LogP contribution in [0.15, 0.2) is 36.9 Å². The van der Waals surface area contributed by atoms with E-state index in [0.29, 0.717) is 5.56 Å². The van der Waals surface area contributed by atoms with E-state index in [-0.39, 0.29) is 6.54 Å². The zero-order valence-corrected chi connectivity index (χ0v) is 11.2. The molecule has 21 heavy (non-hydrogen) atoms. The molecule has 0 aliphatic rings. The van der Waals surface area contributed by atoms with Crippen LogP contribution < -0.4 is 5.73 Å². The minimum absolute atomic E-state index is 0.00394. The Morgan fingerprint density at radius 3 is 2.24 bits per heavy atom. The van der Waals surface area contributed by atoms with E-state index < -0.39 is 23.4 Å². The fourth-order valence-electron chi connectivity index (χ4n) is 2.01. The molecule has 2 rings (SSSR count). The maximum Gasteiger partial charge on any atom is 0.416 e. The van der Waals surface area contributed by atoms with E-state index >= 15 is 0 Å². The average Bonchev–Trinajstić information content (AvgIpc) is 2.90. The molecule has 0 radical (unpaired) electrons. The van der Waals surface area contributed by atoms with E-state index in [1.165, 1.54) is 29.5 Å². The van der Waals surface area contributed by atoms with Crippen molar-refractivity contribution in [2.45, 2.75) is 31.3 Å². The Labute approximate surface area is 119 Å². The lowest BCUT2D eigenvalue weighted by atomic mass is 9.87. The van der Waals surface area contributed by atoms with Gasteiger partial charge in [-0.15, -0.1) is 0 Å². The summed E-state index contributed by atoms with van der Waals surface area (Å²) < 4.78 is 39.1. The highest BCUT2D eigenvalue weighted by Crippen LogP contribution is 2.32. The van der Waals surface area contributed by atoms with Crippen molar-refractivity contribution >= 4 is 0 Å². The van der Waals surface area contributed by atoms with E-state index in [0.717, 1.165) is 12.1 Å². The van der Waals surface area contributed by atoms with Gasteiger partial charge in [0.1, 0.15) is 18.3 Å². The van der Waals surface area contributed by atoms with Crippen molar-refractivity contribution in [3.05, 3.63) is 48.0 Å². The van der Waals surface area contributed by atoms with E-state index in [4.69, 9.17) is 5.73 Å². The van der Waals surface area contributed by atoms with Gasteiger partial charge in [-0.3, -0.25) is 0 Å². The number of hydrogen-bond acceptors (Lipinski definition) is 4. The maximum atomic E-state index is 12.6. The summed E-state index contributed by atoms with van der Waals surface area (Å²) in [6.45, 7) is 1.57. The Hall–Kier alpha value is -1.93. The fourth-order valence-corrected chi connectivity index (χ4v) is 2.01. The second-order valence-electron chi connectivity index (χ2n) is 4.88. The molecular formula is C13H15F3N4O. The van der Waals surface area contributed by atoms with E-state index in [9.17, 15) is 18.3 Å². The zero-order chi connectivity index (χ0) is 15.7. The van der Waals surface area contributed by atoms with Gasteiger partial charge in [-0.25, -0.2) is 9.67 Å². The largest absolute Gasteiger partial charge is 0.416 e. The quantitative estimate of drug-likeness (QED) is 0.898. The second kappa shape index (κ2) is 5.45. The number of aromatic nitrogens is 3. The third kappa shape index (κ3) is 3.22. The lowest BCUT2D eigenvalue weighted by Crippen LogP contribution is -2.46. The van der Waals surface area contributed by atoms with Gasteiger partial charge in [0.2, 0.25) is 0 Å². The SMILES string of the molecule is C[C@@H](N)[C@](O)(Cn1cncn1)c1ccc(C(F)(F)F)cc1. The number of aliphatic hydroxyl groups is 1. The molecule has 0 unspecified atom stereocenters. The molecule has 3 N–H and O–H groups in total. The Morgan fingerprint density at radius 2 is 1.81 bits per heavy atom. The first-order chi connectivity index (χ1) is 9.73. The number of rotatable bonds is 4. The van der Waals surface area contributed by atoms with Crippen molar-refractivity contribution in [3.63, 3.8) is 0 Å². The second-order valence-corrected chi connectivity index (χ2v) is 4.88. The van der Waals surface area contributed by atoms with Gasteiger partial charge < -0.3 is 10.8 Å². The fraction of sp³-hybridized carbons (Fsp3) is 0.385. The summed E-state index contributed by atoms with van der Waals surface area (Å²) >= 11 is 0. The Morgan fingerprint density at radius 1 is 1.24 bits per heavy atom. The zero-order valence-electron chi connectivity index (χ0n) is 11.2. The first-order valence-corrected chi connectivity index (χ1v) is 6.21. The molecule has 2 aromatic rings. The molecule has 1 aromatic heterocycles. The number of nitrogens with zero attached hydrogens (tertiary/aromatic N) is 3. The molecule has 0 spiro atoms. The molecular weight excluding hydrogens is 285 g/mol. The van der Waals surface area contributed by atoms with Crippen LogP contribution in [-0.4, -0.2) is 25.9 Å². The molecule has 0 amide bonds. The van der Waals surface area contributed by atoms with Crippen LogP contribution in [0.3, 0.4) is 0 Å². The highest BCUT2D eigenvalue weighted by molar-refractivity contribution is 5.29. The van der Waals surface area contributed by atoms with Gasteiger partial charge in [-0.05, 0) is 24.6 Å². The van der Waals surface area contributed by atoms with Crippen LogP contribution in [0.2, 0.25) is 0 Å². The standard InChI is InChI=1S/C13H15F3N4O/c1-9(17)12(21,6-20-8-18-7-19-20)10-2-4-11(5-3-10)13(14,15)16/h2-5,7-9,21H,6,17H2,1H3/t9-,12-/m1/s1. The Bertz CT molecular complexity index is 580. The molecule has 0 aliphatic heterocycles. The minimum Gasteiger partial charge on any atom is -0.382 e. The van der Waals surface area contributed by atoms with Crippen molar-refractivity contribution in [2.75, 3.05) is 0 Å². The van der Waals surface area contributed by atoms with E-state index in [1.54, 1.807) is 6.92 Å². The molecule has 5 nitrogen and oxygen atoms in total. The maximum absolute atomic E-state index is 12.6. The van der Waals surface area contributed by atoms with E-state index in [2.05, 4.69) is 10.1 Å². The van der Waals surface area contributed by atoms with Crippen molar-refractivity contribution in [1.29, 1.82) is 0 Å². The molecule has 2 atom stereocenters. The summed E-state index contributed by atoms with van der Waals surface area (Å²) in [5.41, 5.74) is 3.78. The molecule has 1 heterocycles. The summed E-state index contributed by atoms with van der Waals surface area (Å²) in [4.78, 5) is 3.76. The minimum atomic E-state index is -4.42. The summed E-state index contributed by atoms with van der Waals surface area (Å²) in [7, 11) is 0. The van der Waals surface area contributed by atoms with Crippen molar-refractivity contribution in [3.8, 4) is 0 Å². The molecule has 0 saturated carbocycles. The third-order valence-corrected chi connectivity index (χ3v) is 3.34. The number of halogens is 3. The van der Waals surface area contributed by atoms with Gasteiger partial charge in [-0.1, -0.05) is 12.1 Å². The monoisotopic (exact) mass is 300 g/mol. The van der Waals surface area contributed by atoms with Gasteiger partial charge >= 0.3 is 6.18 Å². The molecule has 114 valence electrons. The number of nitrogens with two attached hydrogens (primary N) is 1. The first-order valence-electron chi connectivity index (χ1n) is 6.21. The van der Waals surface area contributed by atoms with Gasteiger partial charge in [0.15, 0.2) is 0 Å². The summed E-state index contributed by atoms with van der Waals surface area (Å²) in [5.74, 6) is 0. The van der Waals surface area contributed by atoms with Crippen molar-refractivity contribution in [2.24, 2.45) is 5.73 Å². The van der Waals surface area contributed by atoms with Crippen LogP contribution in [-0.2, 0) is 18.3 Å². The highest BCUT2D eigenvalue weighted by atomic mass is 19.4. The Kier molecular flexibility index (Phi) is 4.02. The van der Waals surface area contributed by atoms with Crippen LogP contribution in [0, 0.1) is 0 Å². The lowest BCUT2D eigenvalue weighted by molar-refractivity contribution is -0.137. The summed E-state index contributed by atoms with van der Waals surface area (Å²) in [6, 6.07) is 3.58. The molecule has 0 saturated heterocycles. The normalized spacial score (nSPS) is 16.5. The molecule has 0 bridgehead atoms. The van der Waals surface area contributed by atoms with Crippen LogP contribution in [0.25, 0.3) is 0 Å². The van der Waals surface area contributed by atoms with E-state index in [1.807, 2.05) is 0 Å². The number of alkyl halides is 3. The van der Waals surface area contributed by atoms with Gasteiger partial charge in [0.05, 0.1) is 12.1 Å². The van der Waals surface area contributed by atoms with Gasteiger partial charge in [0, 0.05) is 6.04 Å². The van der Waals surface area contributed by atoms with Crippen LogP contribution in [0.5, 0.6) is 0 Å². The third-order valence-electron chi connectivity index (χ3n) is 3.34. The predicted octanol–water partition coefficient (Wildman–Crippen LogP) is 1.53.